The molecule has 0 spiro atoms. The Labute approximate surface area is 118 Å². The van der Waals surface area contributed by atoms with E-state index in [9.17, 15) is 4.39 Å². The minimum atomic E-state index is -0.160. The molecule has 1 aromatic carbocycles. The van der Waals surface area contributed by atoms with Gasteiger partial charge in [-0.15, -0.1) is 0 Å². The lowest BCUT2D eigenvalue weighted by Crippen LogP contribution is -2.34. The molecule has 18 heavy (non-hydrogen) atoms. The molecule has 0 heterocycles. The molecule has 0 saturated carbocycles. The van der Waals surface area contributed by atoms with E-state index in [-0.39, 0.29) is 5.82 Å². The van der Waals surface area contributed by atoms with Crippen molar-refractivity contribution in [3.63, 3.8) is 0 Å². The van der Waals surface area contributed by atoms with Gasteiger partial charge in [-0.05, 0) is 32.5 Å². The van der Waals surface area contributed by atoms with E-state index in [0.717, 1.165) is 24.0 Å². The molecule has 0 amide bonds. The summed E-state index contributed by atoms with van der Waals surface area (Å²) in [4.78, 5) is 2.31. The first-order valence-electron chi connectivity index (χ1n) is 6.39. The summed E-state index contributed by atoms with van der Waals surface area (Å²) in [6.45, 7) is 6.83. The molecular weight excluding hydrogens is 295 g/mol. The standard InChI is InChI=1S/C14H22BrFN2/c1-4-11(2)18(3)8-7-17-10-12-5-6-13(15)9-14(12)16/h5-6,9,11,17H,4,7-8,10H2,1-3H3. The van der Waals surface area contributed by atoms with Crippen molar-refractivity contribution in [1.82, 2.24) is 10.2 Å². The first-order chi connectivity index (χ1) is 8.54. The van der Waals surface area contributed by atoms with Crippen molar-refractivity contribution in [2.45, 2.75) is 32.9 Å². The van der Waals surface area contributed by atoms with Gasteiger partial charge in [-0.2, -0.15) is 0 Å². The van der Waals surface area contributed by atoms with Crippen molar-refractivity contribution in [3.05, 3.63) is 34.1 Å². The average molecular weight is 317 g/mol. The van der Waals surface area contributed by atoms with E-state index in [1.54, 1.807) is 0 Å². The lowest BCUT2D eigenvalue weighted by atomic mass is 10.2. The topological polar surface area (TPSA) is 15.3 Å². The molecule has 2 nitrogen and oxygen atoms in total. The lowest BCUT2D eigenvalue weighted by Gasteiger charge is -2.23. The molecule has 0 saturated heterocycles. The zero-order valence-electron chi connectivity index (χ0n) is 11.3. The third kappa shape index (κ3) is 5.04. The van der Waals surface area contributed by atoms with Gasteiger partial charge in [0.1, 0.15) is 5.82 Å². The van der Waals surface area contributed by atoms with Gasteiger partial charge in [-0.25, -0.2) is 4.39 Å². The molecule has 1 aromatic rings. The molecule has 102 valence electrons. The van der Waals surface area contributed by atoms with E-state index in [2.05, 4.69) is 47.0 Å². The van der Waals surface area contributed by atoms with E-state index in [0.29, 0.717) is 18.2 Å². The van der Waals surface area contributed by atoms with Crippen LogP contribution in [0.1, 0.15) is 25.8 Å². The van der Waals surface area contributed by atoms with Crippen molar-refractivity contribution in [2.24, 2.45) is 0 Å². The molecule has 1 rings (SSSR count). The molecule has 1 N–H and O–H groups in total. The van der Waals surface area contributed by atoms with Crippen molar-refractivity contribution in [1.29, 1.82) is 0 Å². The number of hydrogen-bond donors (Lipinski definition) is 1. The molecule has 0 aliphatic heterocycles. The van der Waals surface area contributed by atoms with Gasteiger partial charge >= 0.3 is 0 Å². The predicted octanol–water partition coefficient (Wildman–Crippen LogP) is 3.41. The highest BCUT2D eigenvalue weighted by molar-refractivity contribution is 9.10. The quantitative estimate of drug-likeness (QED) is 0.775. The number of rotatable bonds is 7. The van der Waals surface area contributed by atoms with Crippen LogP contribution in [0.4, 0.5) is 4.39 Å². The molecule has 4 heteroatoms. The van der Waals surface area contributed by atoms with Gasteiger partial charge in [0.15, 0.2) is 0 Å². The highest BCUT2D eigenvalue weighted by atomic mass is 79.9. The first kappa shape index (κ1) is 15.6. The Hall–Kier alpha value is -0.450. The molecule has 0 aromatic heterocycles. The maximum atomic E-state index is 13.5. The summed E-state index contributed by atoms with van der Waals surface area (Å²) in [5, 5.41) is 3.27. The maximum Gasteiger partial charge on any atom is 0.128 e. The van der Waals surface area contributed by atoms with Gasteiger partial charge in [0, 0.05) is 35.7 Å². The van der Waals surface area contributed by atoms with Crippen LogP contribution in [-0.4, -0.2) is 31.1 Å². The SMILES string of the molecule is CCC(C)N(C)CCNCc1ccc(Br)cc1F. The second kappa shape index (κ2) is 7.87. The average Bonchev–Trinajstić information content (AvgIpc) is 2.35. The summed E-state index contributed by atoms with van der Waals surface area (Å²) < 4.78 is 14.3. The number of likely N-dealkylation sites (N-methyl/N-ethyl adjacent to an activating group) is 1. The van der Waals surface area contributed by atoms with Crippen LogP contribution in [0, 0.1) is 5.82 Å². The Kier molecular flexibility index (Phi) is 6.82. The lowest BCUT2D eigenvalue weighted by molar-refractivity contribution is 0.251. The minimum Gasteiger partial charge on any atom is -0.311 e. The maximum absolute atomic E-state index is 13.5. The van der Waals surface area contributed by atoms with Crippen molar-refractivity contribution < 1.29 is 4.39 Å². The second-order valence-electron chi connectivity index (χ2n) is 4.65. The molecule has 0 aliphatic rings. The van der Waals surface area contributed by atoms with Crippen molar-refractivity contribution in [3.8, 4) is 0 Å². The fourth-order valence-corrected chi connectivity index (χ4v) is 2.01. The molecule has 0 aliphatic carbocycles. The predicted molar refractivity (Wildman–Crippen MR) is 78.2 cm³/mol. The van der Waals surface area contributed by atoms with Crippen LogP contribution in [0.2, 0.25) is 0 Å². The Morgan fingerprint density at radius 1 is 1.44 bits per heavy atom. The summed E-state index contributed by atoms with van der Waals surface area (Å²) >= 11 is 3.25. The second-order valence-corrected chi connectivity index (χ2v) is 5.57. The van der Waals surface area contributed by atoms with Crippen LogP contribution in [0.5, 0.6) is 0 Å². The largest absolute Gasteiger partial charge is 0.311 e. The highest BCUT2D eigenvalue weighted by Crippen LogP contribution is 2.14. The molecule has 0 bridgehead atoms. The van der Waals surface area contributed by atoms with Crippen molar-refractivity contribution >= 4 is 15.9 Å². The zero-order valence-corrected chi connectivity index (χ0v) is 12.9. The van der Waals surface area contributed by atoms with E-state index in [1.807, 2.05) is 12.1 Å². The van der Waals surface area contributed by atoms with E-state index in [4.69, 9.17) is 0 Å². The monoisotopic (exact) mass is 316 g/mol. The smallest absolute Gasteiger partial charge is 0.128 e. The summed E-state index contributed by atoms with van der Waals surface area (Å²) in [7, 11) is 2.12. The van der Waals surface area contributed by atoms with Gasteiger partial charge in [0.25, 0.3) is 0 Å². The van der Waals surface area contributed by atoms with Crippen LogP contribution >= 0.6 is 15.9 Å². The number of hydrogen-bond acceptors (Lipinski definition) is 2. The van der Waals surface area contributed by atoms with Crippen LogP contribution in [0.25, 0.3) is 0 Å². The zero-order chi connectivity index (χ0) is 13.5. The van der Waals surface area contributed by atoms with E-state index >= 15 is 0 Å². The normalized spacial score (nSPS) is 13.0. The number of halogens is 2. The molecule has 0 radical (unpaired) electrons. The number of nitrogens with zero attached hydrogens (tertiary/aromatic N) is 1. The third-order valence-corrected chi connectivity index (χ3v) is 3.81. The molecule has 0 fully saturated rings. The Bertz CT molecular complexity index is 371. The number of benzene rings is 1. The van der Waals surface area contributed by atoms with Gasteiger partial charge in [-0.3, -0.25) is 0 Å². The van der Waals surface area contributed by atoms with Crippen LogP contribution in [0.15, 0.2) is 22.7 Å². The van der Waals surface area contributed by atoms with Gasteiger partial charge in [0.05, 0.1) is 0 Å². The summed E-state index contributed by atoms with van der Waals surface area (Å²) in [5.74, 6) is -0.160. The number of nitrogens with one attached hydrogen (secondary N) is 1. The highest BCUT2D eigenvalue weighted by Gasteiger charge is 2.06. The molecule has 1 unspecified atom stereocenters. The van der Waals surface area contributed by atoms with Gasteiger partial charge in [-0.1, -0.05) is 28.9 Å². The Balaban J connectivity index is 2.29. The fraction of sp³-hybridized carbons (Fsp3) is 0.571. The van der Waals surface area contributed by atoms with Crippen molar-refractivity contribution in [2.75, 3.05) is 20.1 Å². The van der Waals surface area contributed by atoms with Gasteiger partial charge < -0.3 is 10.2 Å². The summed E-state index contributed by atoms with van der Waals surface area (Å²) in [5.41, 5.74) is 0.712. The first-order valence-corrected chi connectivity index (χ1v) is 7.18. The minimum absolute atomic E-state index is 0.160. The Morgan fingerprint density at radius 2 is 2.17 bits per heavy atom. The van der Waals surface area contributed by atoms with E-state index < -0.39 is 0 Å². The summed E-state index contributed by atoms with van der Waals surface area (Å²) in [6, 6.07) is 5.77. The van der Waals surface area contributed by atoms with E-state index in [1.165, 1.54) is 6.07 Å². The third-order valence-electron chi connectivity index (χ3n) is 3.32. The molecule has 1 atom stereocenters. The van der Waals surface area contributed by atoms with Crippen LogP contribution in [0.3, 0.4) is 0 Å². The van der Waals surface area contributed by atoms with Gasteiger partial charge in [0.2, 0.25) is 0 Å². The fourth-order valence-electron chi connectivity index (χ4n) is 1.68. The summed E-state index contributed by atoms with van der Waals surface area (Å²) in [6.07, 6.45) is 1.15. The van der Waals surface area contributed by atoms with Crippen LogP contribution in [-0.2, 0) is 6.54 Å². The molecular formula is C14H22BrFN2. The Morgan fingerprint density at radius 3 is 2.78 bits per heavy atom. The van der Waals surface area contributed by atoms with Crippen LogP contribution < -0.4 is 5.32 Å².